The summed E-state index contributed by atoms with van der Waals surface area (Å²) in [5.74, 6) is 5.83. The molecule has 158 valence electrons. The van der Waals surface area contributed by atoms with Crippen LogP contribution in [0.1, 0.15) is 106 Å². The van der Waals surface area contributed by atoms with Gasteiger partial charge in [0.2, 0.25) is 0 Å². The summed E-state index contributed by atoms with van der Waals surface area (Å²) in [4.78, 5) is 0. The summed E-state index contributed by atoms with van der Waals surface area (Å²) in [6.07, 6.45) is 15.1. The van der Waals surface area contributed by atoms with Crippen LogP contribution in [0.3, 0.4) is 0 Å². The summed E-state index contributed by atoms with van der Waals surface area (Å²) in [6, 6.07) is 0. The van der Waals surface area contributed by atoms with Gasteiger partial charge in [-0.3, -0.25) is 0 Å². The summed E-state index contributed by atoms with van der Waals surface area (Å²) >= 11 is 0. The molecule has 1 heteroatoms. The smallest absolute Gasteiger partial charge is 0.0150 e. The Labute approximate surface area is 172 Å². The molecule has 0 saturated heterocycles. The van der Waals surface area contributed by atoms with Crippen LogP contribution >= 0.6 is 7.92 Å². The third-order valence-electron chi connectivity index (χ3n) is 9.98. The van der Waals surface area contributed by atoms with Gasteiger partial charge in [-0.25, -0.2) is 0 Å². The Balaban J connectivity index is 1.99. The Morgan fingerprint density at radius 2 is 1.63 bits per heavy atom. The first-order valence-corrected chi connectivity index (χ1v) is 14.3. The molecule has 3 aliphatic carbocycles. The highest BCUT2D eigenvalue weighted by Crippen LogP contribution is 2.66. The molecule has 10 atom stereocenters. The normalized spacial score (nSPS) is 47.9. The van der Waals surface area contributed by atoms with E-state index in [0.29, 0.717) is 5.41 Å². The first kappa shape index (κ1) is 22.1. The summed E-state index contributed by atoms with van der Waals surface area (Å²) in [7, 11) is 0.182. The summed E-state index contributed by atoms with van der Waals surface area (Å²) in [5, 5.41) is 0. The second-order valence-corrected chi connectivity index (χ2v) is 14.3. The van der Waals surface area contributed by atoms with Crippen molar-refractivity contribution in [3.63, 3.8) is 0 Å². The highest BCUT2D eigenvalue weighted by atomic mass is 31.1. The predicted molar refractivity (Wildman–Crippen MR) is 124 cm³/mol. The first-order valence-electron chi connectivity index (χ1n) is 12.6. The van der Waals surface area contributed by atoms with E-state index in [1.807, 2.05) is 0 Å². The predicted octanol–water partition coefficient (Wildman–Crippen LogP) is 8.58. The maximum absolute atomic E-state index is 2.80. The zero-order valence-electron chi connectivity index (χ0n) is 19.6. The van der Waals surface area contributed by atoms with Gasteiger partial charge in [0.25, 0.3) is 0 Å². The van der Waals surface area contributed by atoms with E-state index in [9.17, 15) is 0 Å². The summed E-state index contributed by atoms with van der Waals surface area (Å²) in [6.45, 7) is 18.3. The van der Waals surface area contributed by atoms with Gasteiger partial charge >= 0.3 is 0 Å². The van der Waals surface area contributed by atoms with E-state index in [1.165, 1.54) is 51.1 Å². The average Bonchev–Trinajstić information content (AvgIpc) is 2.87. The van der Waals surface area contributed by atoms with Gasteiger partial charge in [0.15, 0.2) is 0 Å². The maximum atomic E-state index is 2.80. The molecule has 27 heavy (non-hydrogen) atoms. The van der Waals surface area contributed by atoms with Crippen LogP contribution in [0, 0.1) is 40.9 Å². The first-order chi connectivity index (χ1) is 12.8. The fraction of sp³-hybridized carbons (Fsp3) is 1.00. The largest absolute Gasteiger partial charge is 0.100 e. The molecule has 0 aromatic carbocycles. The average molecular weight is 393 g/mol. The minimum Gasteiger partial charge on any atom is -0.100 e. The van der Waals surface area contributed by atoms with Crippen LogP contribution < -0.4 is 0 Å². The van der Waals surface area contributed by atoms with Crippen molar-refractivity contribution in [2.45, 2.75) is 118 Å². The molecule has 0 aliphatic heterocycles. The van der Waals surface area contributed by atoms with E-state index in [2.05, 4.69) is 48.5 Å². The van der Waals surface area contributed by atoms with Gasteiger partial charge in [0.1, 0.15) is 0 Å². The third kappa shape index (κ3) is 4.05. The molecule has 0 nitrogen and oxygen atoms in total. The lowest BCUT2D eigenvalue weighted by Crippen LogP contribution is -2.46. The van der Waals surface area contributed by atoms with Crippen molar-refractivity contribution < 1.29 is 0 Å². The molecule has 0 heterocycles. The van der Waals surface area contributed by atoms with Crippen LogP contribution in [0.15, 0.2) is 0 Å². The SMILES string of the molecule is CCC(C)P(CC)C1CCCC2[C@H](C)[C@@H](C)C3C(C)CCCC[C@@H]3CC21C. The molecule has 0 N–H and O–H groups in total. The molecular formula is C26H49P. The number of hydrogen-bond acceptors (Lipinski definition) is 0. The topological polar surface area (TPSA) is 0 Å². The van der Waals surface area contributed by atoms with Gasteiger partial charge in [0, 0.05) is 0 Å². The van der Waals surface area contributed by atoms with E-state index < -0.39 is 0 Å². The molecule has 3 rings (SSSR count). The Morgan fingerprint density at radius 3 is 2.30 bits per heavy atom. The maximum Gasteiger partial charge on any atom is -0.0150 e. The Bertz CT molecular complexity index is 473. The lowest BCUT2D eigenvalue weighted by atomic mass is 9.60. The van der Waals surface area contributed by atoms with Crippen molar-refractivity contribution in [2.75, 3.05) is 6.16 Å². The van der Waals surface area contributed by atoms with Crippen molar-refractivity contribution in [1.29, 1.82) is 0 Å². The summed E-state index contributed by atoms with van der Waals surface area (Å²) in [5.41, 5.74) is 2.63. The Hall–Kier alpha value is 0.430. The Morgan fingerprint density at radius 1 is 0.926 bits per heavy atom. The van der Waals surface area contributed by atoms with E-state index in [-0.39, 0.29) is 7.92 Å². The van der Waals surface area contributed by atoms with Crippen molar-refractivity contribution >= 4 is 7.92 Å². The standard InChI is InChI=1S/C26H49P/c1-8-19(4)27(9-2)24-16-12-15-23-20(5)21(6)25-18(3)13-10-11-14-22(25)17-26(23,24)7/h18-25H,8-17H2,1-7H3/t18?,19?,20-,21-,22-,23?,24?,25?,26?,27?/m1/s1. The minimum atomic E-state index is 0.182. The number of rotatable bonds is 4. The van der Waals surface area contributed by atoms with Gasteiger partial charge in [-0.1, -0.05) is 80.6 Å². The van der Waals surface area contributed by atoms with Gasteiger partial charge in [-0.05, 0) is 84.1 Å². The van der Waals surface area contributed by atoms with E-state index >= 15 is 0 Å². The van der Waals surface area contributed by atoms with Crippen LogP contribution in [-0.4, -0.2) is 17.5 Å². The number of fused-ring (bicyclic) bond motifs is 2. The van der Waals surface area contributed by atoms with Crippen LogP contribution in [0.25, 0.3) is 0 Å². The molecule has 3 aliphatic rings. The van der Waals surface area contributed by atoms with E-state index in [4.69, 9.17) is 0 Å². The van der Waals surface area contributed by atoms with E-state index in [0.717, 1.165) is 46.8 Å². The monoisotopic (exact) mass is 392 g/mol. The molecule has 7 unspecified atom stereocenters. The third-order valence-corrected chi connectivity index (χ3v) is 13.9. The highest BCUT2D eigenvalue weighted by Gasteiger charge is 2.54. The molecule has 0 aromatic rings. The van der Waals surface area contributed by atoms with Crippen LogP contribution in [0.2, 0.25) is 0 Å². The second kappa shape index (κ2) is 9.06. The van der Waals surface area contributed by atoms with Crippen molar-refractivity contribution in [3.8, 4) is 0 Å². The number of hydrogen-bond donors (Lipinski definition) is 0. The molecule has 0 aromatic heterocycles. The molecule has 0 bridgehead atoms. The lowest BCUT2D eigenvalue weighted by molar-refractivity contribution is 0.0566. The van der Waals surface area contributed by atoms with Gasteiger partial charge < -0.3 is 0 Å². The van der Waals surface area contributed by atoms with Gasteiger partial charge in [-0.15, -0.1) is 7.92 Å². The van der Waals surface area contributed by atoms with Gasteiger partial charge in [-0.2, -0.15) is 0 Å². The zero-order valence-corrected chi connectivity index (χ0v) is 20.5. The second-order valence-electron chi connectivity index (χ2n) is 11.2. The molecule has 0 amide bonds. The summed E-state index contributed by atoms with van der Waals surface area (Å²) < 4.78 is 0. The molecular weight excluding hydrogens is 343 g/mol. The fourth-order valence-corrected chi connectivity index (χ4v) is 12.1. The molecule has 3 saturated carbocycles. The van der Waals surface area contributed by atoms with Gasteiger partial charge in [0.05, 0.1) is 0 Å². The Kier molecular flexibility index (Phi) is 7.42. The van der Waals surface area contributed by atoms with Crippen LogP contribution in [0.5, 0.6) is 0 Å². The minimum absolute atomic E-state index is 0.182. The van der Waals surface area contributed by atoms with Crippen molar-refractivity contribution in [1.82, 2.24) is 0 Å². The van der Waals surface area contributed by atoms with Crippen LogP contribution in [0.4, 0.5) is 0 Å². The fourth-order valence-electron chi connectivity index (χ4n) is 8.40. The molecule has 3 fully saturated rings. The van der Waals surface area contributed by atoms with Crippen LogP contribution in [-0.2, 0) is 0 Å². The van der Waals surface area contributed by atoms with E-state index in [1.54, 1.807) is 12.8 Å². The zero-order chi connectivity index (χ0) is 19.8. The molecule has 0 radical (unpaired) electrons. The molecule has 0 spiro atoms. The van der Waals surface area contributed by atoms with Crippen molar-refractivity contribution in [2.24, 2.45) is 40.9 Å². The quantitative estimate of drug-likeness (QED) is 0.420. The van der Waals surface area contributed by atoms with Crippen molar-refractivity contribution in [3.05, 3.63) is 0 Å². The highest BCUT2D eigenvalue weighted by molar-refractivity contribution is 7.59. The lowest BCUT2D eigenvalue weighted by Gasteiger charge is -2.54.